The lowest BCUT2D eigenvalue weighted by molar-refractivity contribution is -0.167. The highest BCUT2D eigenvalue weighted by Crippen LogP contribution is 2.14. The van der Waals surface area contributed by atoms with Crippen molar-refractivity contribution in [2.45, 2.75) is 213 Å². The molecule has 0 heterocycles. The first-order chi connectivity index (χ1) is 21.5. The van der Waals surface area contributed by atoms with Gasteiger partial charge in [-0.3, -0.25) is 14.4 Å². The van der Waals surface area contributed by atoms with Crippen LogP contribution in [0, 0.1) is 0 Å². The van der Waals surface area contributed by atoms with Gasteiger partial charge in [0.1, 0.15) is 13.2 Å². The molecule has 0 amide bonds. The monoisotopic (exact) mass is 625 g/mol. The van der Waals surface area contributed by atoms with E-state index in [1.54, 1.807) is 0 Å². The average molecular weight is 625 g/mol. The van der Waals surface area contributed by atoms with E-state index < -0.39 is 6.10 Å². The quantitative estimate of drug-likeness (QED) is 0.0402. The molecule has 0 saturated heterocycles. The van der Waals surface area contributed by atoms with Crippen LogP contribution in [0.3, 0.4) is 0 Å². The third kappa shape index (κ3) is 31.8. The Hall–Kier alpha value is -1.59. The van der Waals surface area contributed by atoms with E-state index in [9.17, 15) is 14.4 Å². The van der Waals surface area contributed by atoms with Gasteiger partial charge in [-0.2, -0.15) is 0 Å². The summed E-state index contributed by atoms with van der Waals surface area (Å²) in [4.78, 5) is 37.1. The maximum Gasteiger partial charge on any atom is 0.306 e. The molecular weight excluding hydrogens is 552 g/mol. The van der Waals surface area contributed by atoms with Crippen LogP contribution in [0.25, 0.3) is 0 Å². The number of hydrogen-bond donors (Lipinski definition) is 0. The van der Waals surface area contributed by atoms with E-state index in [1.807, 2.05) is 0 Å². The van der Waals surface area contributed by atoms with E-state index in [0.29, 0.717) is 19.3 Å². The van der Waals surface area contributed by atoms with Gasteiger partial charge in [-0.05, 0) is 19.3 Å². The lowest BCUT2D eigenvalue weighted by Gasteiger charge is -2.18. The Labute approximate surface area is 272 Å². The summed E-state index contributed by atoms with van der Waals surface area (Å²) in [5, 5.41) is 0. The first-order valence-electron chi connectivity index (χ1n) is 19.0. The Bertz CT molecular complexity index is 649. The van der Waals surface area contributed by atoms with Crippen molar-refractivity contribution in [3.63, 3.8) is 0 Å². The van der Waals surface area contributed by atoms with Crippen LogP contribution in [0.2, 0.25) is 0 Å². The number of rotatable bonds is 34. The van der Waals surface area contributed by atoms with Gasteiger partial charge >= 0.3 is 17.9 Å². The van der Waals surface area contributed by atoms with Crippen molar-refractivity contribution in [2.24, 2.45) is 0 Å². The fraction of sp³-hybridized carbons (Fsp3) is 0.921. The van der Waals surface area contributed by atoms with Crippen LogP contribution in [0.5, 0.6) is 0 Å². The SMILES string of the molecule is CCCCCCCCCCCCCCC(=O)OC[C@H](COC(=O)CCCCCCCCCCC)OC(=O)CCCCCCC. The van der Waals surface area contributed by atoms with E-state index in [0.717, 1.165) is 64.2 Å². The van der Waals surface area contributed by atoms with Crippen molar-refractivity contribution in [1.29, 1.82) is 0 Å². The molecule has 0 aromatic rings. The molecule has 6 heteroatoms. The fourth-order valence-electron chi connectivity index (χ4n) is 5.44. The molecular formula is C38H72O6. The molecule has 0 spiro atoms. The number of hydrogen-bond acceptors (Lipinski definition) is 6. The standard InChI is InChI=1S/C38H72O6/c1-4-7-10-13-15-17-18-19-21-23-26-28-31-37(40)43-34-35(44-38(41)32-29-24-12-9-6-3)33-42-36(39)30-27-25-22-20-16-14-11-8-5-2/h35H,4-34H2,1-3H3/t35-/m0/s1. The molecule has 0 saturated carbocycles. The molecule has 0 N–H and O–H groups in total. The van der Waals surface area contributed by atoms with Gasteiger partial charge in [0, 0.05) is 19.3 Å². The highest BCUT2D eigenvalue weighted by atomic mass is 16.6. The molecule has 0 rings (SSSR count). The van der Waals surface area contributed by atoms with Crippen molar-refractivity contribution < 1.29 is 28.6 Å². The van der Waals surface area contributed by atoms with Crippen LogP contribution < -0.4 is 0 Å². The molecule has 0 aliphatic heterocycles. The number of esters is 3. The summed E-state index contributed by atoms with van der Waals surface area (Å²) in [6.45, 7) is 6.52. The van der Waals surface area contributed by atoms with E-state index >= 15 is 0 Å². The van der Waals surface area contributed by atoms with Crippen LogP contribution in [0.4, 0.5) is 0 Å². The van der Waals surface area contributed by atoms with Crippen LogP contribution in [0.1, 0.15) is 207 Å². The highest BCUT2D eigenvalue weighted by Gasteiger charge is 2.19. The molecule has 0 aromatic heterocycles. The first-order valence-corrected chi connectivity index (χ1v) is 19.0. The molecule has 0 aliphatic carbocycles. The summed E-state index contributed by atoms with van der Waals surface area (Å²) >= 11 is 0. The molecule has 0 unspecified atom stereocenters. The van der Waals surface area contributed by atoms with E-state index in [-0.39, 0.29) is 31.1 Å². The molecule has 0 bridgehead atoms. The predicted molar refractivity (Wildman–Crippen MR) is 183 cm³/mol. The smallest absolute Gasteiger partial charge is 0.306 e. The molecule has 6 nitrogen and oxygen atoms in total. The Morgan fingerprint density at radius 1 is 0.364 bits per heavy atom. The van der Waals surface area contributed by atoms with Crippen molar-refractivity contribution >= 4 is 17.9 Å². The van der Waals surface area contributed by atoms with Crippen molar-refractivity contribution in [3.05, 3.63) is 0 Å². The van der Waals surface area contributed by atoms with Gasteiger partial charge in [0.05, 0.1) is 0 Å². The summed E-state index contributed by atoms with van der Waals surface area (Å²) in [6.07, 6.45) is 31.1. The normalized spacial score (nSPS) is 11.8. The predicted octanol–water partition coefficient (Wildman–Crippen LogP) is 11.4. The Balaban J connectivity index is 4.22. The largest absolute Gasteiger partial charge is 0.462 e. The lowest BCUT2D eigenvalue weighted by atomic mass is 10.0. The minimum atomic E-state index is -0.754. The van der Waals surface area contributed by atoms with Crippen molar-refractivity contribution in [3.8, 4) is 0 Å². The minimum Gasteiger partial charge on any atom is -0.462 e. The molecule has 0 aromatic carbocycles. The van der Waals surface area contributed by atoms with E-state index in [4.69, 9.17) is 14.2 Å². The topological polar surface area (TPSA) is 78.9 Å². The molecule has 0 aliphatic rings. The van der Waals surface area contributed by atoms with Gasteiger partial charge in [0.25, 0.3) is 0 Å². The van der Waals surface area contributed by atoms with Crippen molar-refractivity contribution in [1.82, 2.24) is 0 Å². The number of unbranched alkanes of at least 4 members (excludes halogenated alkanes) is 23. The summed E-state index contributed by atoms with van der Waals surface area (Å²) < 4.78 is 16.5. The van der Waals surface area contributed by atoms with Gasteiger partial charge in [-0.25, -0.2) is 0 Å². The summed E-state index contributed by atoms with van der Waals surface area (Å²) in [5.41, 5.74) is 0. The Morgan fingerprint density at radius 2 is 0.614 bits per heavy atom. The molecule has 0 radical (unpaired) electrons. The summed E-state index contributed by atoms with van der Waals surface area (Å²) in [6, 6.07) is 0. The maximum absolute atomic E-state index is 12.4. The lowest BCUT2D eigenvalue weighted by Crippen LogP contribution is -2.30. The Kier molecular flexibility index (Phi) is 33.0. The number of carbonyl (C=O) groups excluding carboxylic acids is 3. The first kappa shape index (κ1) is 42.4. The zero-order valence-electron chi connectivity index (χ0n) is 29.4. The summed E-state index contributed by atoms with van der Waals surface area (Å²) in [7, 11) is 0. The van der Waals surface area contributed by atoms with Gasteiger partial charge in [-0.1, -0.05) is 168 Å². The molecule has 1 atom stereocenters. The highest BCUT2D eigenvalue weighted by molar-refractivity contribution is 5.71. The third-order valence-corrected chi connectivity index (χ3v) is 8.36. The minimum absolute atomic E-state index is 0.0655. The third-order valence-electron chi connectivity index (χ3n) is 8.36. The molecule has 260 valence electrons. The maximum atomic E-state index is 12.4. The van der Waals surface area contributed by atoms with Gasteiger partial charge < -0.3 is 14.2 Å². The van der Waals surface area contributed by atoms with Crippen LogP contribution in [-0.2, 0) is 28.6 Å². The van der Waals surface area contributed by atoms with Gasteiger partial charge in [0.15, 0.2) is 6.10 Å². The second kappa shape index (κ2) is 34.3. The van der Waals surface area contributed by atoms with Gasteiger partial charge in [0.2, 0.25) is 0 Å². The average Bonchev–Trinajstić information content (AvgIpc) is 3.02. The zero-order valence-corrected chi connectivity index (χ0v) is 29.4. The molecule has 44 heavy (non-hydrogen) atoms. The number of carbonyl (C=O) groups is 3. The van der Waals surface area contributed by atoms with Crippen LogP contribution in [-0.4, -0.2) is 37.2 Å². The van der Waals surface area contributed by atoms with Gasteiger partial charge in [-0.15, -0.1) is 0 Å². The second-order valence-electron chi connectivity index (χ2n) is 12.9. The number of ether oxygens (including phenoxy) is 3. The van der Waals surface area contributed by atoms with Crippen LogP contribution >= 0.6 is 0 Å². The van der Waals surface area contributed by atoms with E-state index in [2.05, 4.69) is 20.8 Å². The van der Waals surface area contributed by atoms with Crippen LogP contribution in [0.15, 0.2) is 0 Å². The fourth-order valence-corrected chi connectivity index (χ4v) is 5.44. The molecule has 0 fully saturated rings. The van der Waals surface area contributed by atoms with Crippen molar-refractivity contribution in [2.75, 3.05) is 13.2 Å². The zero-order chi connectivity index (χ0) is 32.4. The second-order valence-corrected chi connectivity index (χ2v) is 12.9. The van der Waals surface area contributed by atoms with E-state index in [1.165, 1.54) is 103 Å². The Morgan fingerprint density at radius 3 is 0.909 bits per heavy atom. The summed E-state index contributed by atoms with van der Waals surface area (Å²) in [5.74, 6) is -0.881.